The van der Waals surface area contributed by atoms with Crippen molar-refractivity contribution in [3.8, 4) is 11.3 Å². The van der Waals surface area contributed by atoms with Crippen molar-refractivity contribution in [1.82, 2.24) is 19.9 Å². The molecule has 2 aromatic rings. The summed E-state index contributed by atoms with van der Waals surface area (Å²) in [6.45, 7) is 0. The molecule has 6 heteroatoms. The smallest absolute Gasteiger partial charge is 0.115 e. The molecule has 13 heavy (non-hydrogen) atoms. The van der Waals surface area contributed by atoms with Gasteiger partial charge in [-0.05, 0) is 0 Å². The summed E-state index contributed by atoms with van der Waals surface area (Å²) in [6.07, 6.45) is 8.34. The molecule has 0 radical (unpaired) electrons. The first-order valence-electron chi connectivity index (χ1n) is 3.20. The van der Waals surface area contributed by atoms with Crippen LogP contribution in [0.1, 0.15) is 0 Å². The number of nitrogens with one attached hydrogen (secondary N) is 1. The highest BCUT2D eigenvalue weighted by molar-refractivity contribution is 5.85. The third kappa shape index (κ3) is 2.68. The van der Waals surface area contributed by atoms with E-state index in [1.165, 1.54) is 6.33 Å². The first-order chi connectivity index (χ1) is 5.47. The normalized spacial score (nSPS) is 8.31. The van der Waals surface area contributed by atoms with Crippen molar-refractivity contribution in [2.24, 2.45) is 0 Å². The zero-order valence-corrected chi connectivity index (χ0v) is 8.18. The van der Waals surface area contributed by atoms with Gasteiger partial charge in [0.25, 0.3) is 0 Å². The summed E-state index contributed by atoms with van der Waals surface area (Å²) >= 11 is 0. The summed E-state index contributed by atoms with van der Waals surface area (Å²) in [5.74, 6) is 0. The van der Waals surface area contributed by atoms with Gasteiger partial charge in [-0.2, -0.15) is 0 Å². The third-order valence-corrected chi connectivity index (χ3v) is 1.37. The van der Waals surface area contributed by atoms with Crippen LogP contribution in [-0.2, 0) is 0 Å². The van der Waals surface area contributed by atoms with Crippen LogP contribution in [0, 0.1) is 0 Å². The summed E-state index contributed by atoms with van der Waals surface area (Å²) in [6, 6.07) is 0. The average Bonchev–Trinajstić information content (AvgIpc) is 2.58. The number of imidazole rings is 1. The SMILES string of the molecule is Cl.Cl.c1ncc(-c2cnc[nH]2)cn1. The fraction of sp³-hybridized carbons (Fsp3) is 0. The van der Waals surface area contributed by atoms with Crippen LogP contribution in [0.25, 0.3) is 11.3 Å². The molecule has 0 saturated carbocycles. The van der Waals surface area contributed by atoms with Gasteiger partial charge in [0.1, 0.15) is 6.33 Å². The molecule has 0 bridgehead atoms. The highest BCUT2D eigenvalue weighted by Crippen LogP contribution is 2.10. The minimum Gasteiger partial charge on any atom is -0.345 e. The lowest BCUT2D eigenvalue weighted by Crippen LogP contribution is -1.80. The van der Waals surface area contributed by atoms with Gasteiger partial charge in [-0.1, -0.05) is 0 Å². The Morgan fingerprint density at radius 2 is 1.62 bits per heavy atom. The van der Waals surface area contributed by atoms with Crippen LogP contribution in [0.15, 0.2) is 31.2 Å². The molecule has 0 unspecified atom stereocenters. The molecule has 2 rings (SSSR count). The fourth-order valence-electron chi connectivity index (χ4n) is 0.852. The maximum absolute atomic E-state index is 3.89. The molecular formula is C7H8Cl2N4. The minimum absolute atomic E-state index is 0. The van der Waals surface area contributed by atoms with Gasteiger partial charge in [0, 0.05) is 18.0 Å². The summed E-state index contributed by atoms with van der Waals surface area (Å²) in [4.78, 5) is 14.6. The quantitative estimate of drug-likeness (QED) is 0.794. The number of halogens is 2. The number of rotatable bonds is 1. The number of aromatic amines is 1. The Morgan fingerprint density at radius 3 is 2.15 bits per heavy atom. The van der Waals surface area contributed by atoms with Crippen LogP contribution < -0.4 is 0 Å². The van der Waals surface area contributed by atoms with Gasteiger partial charge in [-0.25, -0.2) is 15.0 Å². The molecule has 2 heterocycles. The largest absolute Gasteiger partial charge is 0.345 e. The van der Waals surface area contributed by atoms with Gasteiger partial charge in [0.05, 0.1) is 18.2 Å². The van der Waals surface area contributed by atoms with Gasteiger partial charge in [0.2, 0.25) is 0 Å². The van der Waals surface area contributed by atoms with E-state index >= 15 is 0 Å². The molecule has 1 N–H and O–H groups in total. The molecule has 0 aliphatic carbocycles. The first-order valence-corrected chi connectivity index (χ1v) is 3.20. The van der Waals surface area contributed by atoms with E-state index in [1.54, 1.807) is 24.9 Å². The van der Waals surface area contributed by atoms with Crippen LogP contribution >= 0.6 is 24.8 Å². The molecular weight excluding hydrogens is 211 g/mol. The summed E-state index contributed by atoms with van der Waals surface area (Å²) in [5.41, 5.74) is 1.88. The number of aromatic nitrogens is 4. The van der Waals surface area contributed by atoms with Crippen molar-refractivity contribution < 1.29 is 0 Å². The molecule has 0 spiro atoms. The predicted octanol–water partition coefficient (Wildman–Crippen LogP) is 1.71. The molecule has 70 valence electrons. The van der Waals surface area contributed by atoms with Crippen LogP contribution in [0.3, 0.4) is 0 Å². The van der Waals surface area contributed by atoms with Crippen LogP contribution in [0.2, 0.25) is 0 Å². The predicted molar refractivity (Wildman–Crippen MR) is 54.1 cm³/mol. The Labute approximate surface area is 87.7 Å². The van der Waals surface area contributed by atoms with E-state index in [9.17, 15) is 0 Å². The highest BCUT2D eigenvalue weighted by Gasteiger charge is 1.95. The Kier molecular flexibility index (Phi) is 5.03. The van der Waals surface area contributed by atoms with Gasteiger partial charge in [0.15, 0.2) is 0 Å². The Bertz CT molecular complexity index is 321. The van der Waals surface area contributed by atoms with Gasteiger partial charge in [-0.15, -0.1) is 24.8 Å². The van der Waals surface area contributed by atoms with Crippen molar-refractivity contribution in [2.45, 2.75) is 0 Å². The lowest BCUT2D eigenvalue weighted by atomic mass is 10.3. The zero-order chi connectivity index (χ0) is 7.52. The maximum atomic E-state index is 3.89. The number of hydrogen-bond donors (Lipinski definition) is 1. The van der Waals surface area contributed by atoms with E-state index in [0.717, 1.165) is 11.3 Å². The minimum atomic E-state index is 0. The molecule has 0 fully saturated rings. The Balaban J connectivity index is 0.000000720. The van der Waals surface area contributed by atoms with E-state index in [2.05, 4.69) is 19.9 Å². The summed E-state index contributed by atoms with van der Waals surface area (Å²) in [5, 5.41) is 0. The maximum Gasteiger partial charge on any atom is 0.115 e. The average molecular weight is 219 g/mol. The Hall–Kier alpha value is -1.13. The van der Waals surface area contributed by atoms with E-state index in [4.69, 9.17) is 0 Å². The number of H-pyrrole nitrogens is 1. The van der Waals surface area contributed by atoms with Gasteiger partial charge < -0.3 is 4.98 Å². The van der Waals surface area contributed by atoms with Crippen molar-refractivity contribution in [3.63, 3.8) is 0 Å². The van der Waals surface area contributed by atoms with E-state index in [1.807, 2.05) is 0 Å². The van der Waals surface area contributed by atoms with E-state index < -0.39 is 0 Å². The molecule has 0 atom stereocenters. The van der Waals surface area contributed by atoms with Crippen molar-refractivity contribution in [3.05, 3.63) is 31.2 Å². The lowest BCUT2D eigenvalue weighted by Gasteiger charge is -1.91. The highest BCUT2D eigenvalue weighted by atomic mass is 35.5. The number of hydrogen-bond acceptors (Lipinski definition) is 3. The van der Waals surface area contributed by atoms with E-state index in [0.29, 0.717) is 0 Å². The van der Waals surface area contributed by atoms with Crippen molar-refractivity contribution in [1.29, 1.82) is 0 Å². The van der Waals surface area contributed by atoms with Crippen molar-refractivity contribution in [2.75, 3.05) is 0 Å². The van der Waals surface area contributed by atoms with Crippen LogP contribution in [0.5, 0.6) is 0 Å². The lowest BCUT2D eigenvalue weighted by molar-refractivity contribution is 1.16. The molecule has 2 aromatic heterocycles. The molecule has 0 aromatic carbocycles. The molecule has 0 saturated heterocycles. The monoisotopic (exact) mass is 218 g/mol. The second-order valence-corrected chi connectivity index (χ2v) is 2.09. The fourth-order valence-corrected chi connectivity index (χ4v) is 0.852. The second-order valence-electron chi connectivity index (χ2n) is 2.09. The second kappa shape index (κ2) is 5.50. The molecule has 0 aliphatic heterocycles. The van der Waals surface area contributed by atoms with E-state index in [-0.39, 0.29) is 24.8 Å². The molecule has 0 aliphatic rings. The standard InChI is InChI=1S/C7H6N4.2ClH/c1-6(2-9-4-8-1)7-3-10-5-11-7;;/h1-5H,(H,10,11);2*1H. The summed E-state index contributed by atoms with van der Waals surface area (Å²) in [7, 11) is 0. The van der Waals surface area contributed by atoms with Gasteiger partial charge >= 0.3 is 0 Å². The van der Waals surface area contributed by atoms with Gasteiger partial charge in [-0.3, -0.25) is 0 Å². The third-order valence-electron chi connectivity index (χ3n) is 1.37. The molecule has 0 amide bonds. The summed E-state index contributed by atoms with van der Waals surface area (Å²) < 4.78 is 0. The Morgan fingerprint density at radius 1 is 0.923 bits per heavy atom. The topological polar surface area (TPSA) is 54.5 Å². The van der Waals surface area contributed by atoms with Crippen molar-refractivity contribution >= 4 is 24.8 Å². The van der Waals surface area contributed by atoms with Crippen LogP contribution in [0.4, 0.5) is 0 Å². The number of nitrogens with zero attached hydrogens (tertiary/aromatic N) is 3. The van der Waals surface area contributed by atoms with Crippen LogP contribution in [-0.4, -0.2) is 19.9 Å². The molecule has 4 nitrogen and oxygen atoms in total. The first kappa shape index (κ1) is 11.9. The zero-order valence-electron chi connectivity index (χ0n) is 6.54.